The Labute approximate surface area is 148 Å². The largest absolute Gasteiger partial charge is 0.387 e. The van der Waals surface area contributed by atoms with Gasteiger partial charge >= 0.3 is 0 Å². The van der Waals surface area contributed by atoms with Crippen molar-refractivity contribution in [3.05, 3.63) is 54.0 Å². The average molecular weight is 339 g/mol. The lowest BCUT2D eigenvalue weighted by Gasteiger charge is -2.35. The van der Waals surface area contributed by atoms with Crippen molar-refractivity contribution in [2.24, 2.45) is 5.92 Å². The molecule has 0 unspecified atom stereocenters. The topological polar surface area (TPSA) is 88.2 Å². The molecule has 0 bridgehead atoms. The SMILES string of the molecule is C=CCc1c(C)nc(N)nc1N1CCC([C@@H](O)c2ccccn2)CC1. The summed E-state index contributed by atoms with van der Waals surface area (Å²) < 4.78 is 0. The number of aromatic nitrogens is 3. The van der Waals surface area contributed by atoms with E-state index in [9.17, 15) is 5.11 Å². The van der Waals surface area contributed by atoms with E-state index in [1.165, 1.54) is 0 Å². The van der Waals surface area contributed by atoms with Gasteiger partial charge in [-0.3, -0.25) is 4.98 Å². The monoisotopic (exact) mass is 339 g/mol. The lowest BCUT2D eigenvalue weighted by atomic mass is 9.89. The summed E-state index contributed by atoms with van der Waals surface area (Å²) in [7, 11) is 0. The van der Waals surface area contributed by atoms with Crippen LogP contribution in [0.4, 0.5) is 11.8 Å². The van der Waals surface area contributed by atoms with E-state index in [2.05, 4.69) is 26.4 Å². The van der Waals surface area contributed by atoms with Crippen molar-refractivity contribution in [2.45, 2.75) is 32.3 Å². The first-order valence-electron chi connectivity index (χ1n) is 8.68. The maximum absolute atomic E-state index is 10.6. The zero-order chi connectivity index (χ0) is 17.8. The molecule has 1 aliphatic rings. The molecule has 6 nitrogen and oxygen atoms in total. The van der Waals surface area contributed by atoms with Crippen LogP contribution in [-0.4, -0.2) is 33.1 Å². The summed E-state index contributed by atoms with van der Waals surface area (Å²) in [4.78, 5) is 15.3. The smallest absolute Gasteiger partial charge is 0.222 e. The van der Waals surface area contributed by atoms with Gasteiger partial charge in [-0.25, -0.2) is 4.98 Å². The number of aliphatic hydroxyl groups excluding tert-OH is 1. The first kappa shape index (κ1) is 17.4. The number of pyridine rings is 1. The van der Waals surface area contributed by atoms with Crippen molar-refractivity contribution in [3.63, 3.8) is 0 Å². The number of nitrogen functional groups attached to an aromatic ring is 1. The van der Waals surface area contributed by atoms with Crippen LogP contribution in [0.15, 0.2) is 37.1 Å². The first-order chi connectivity index (χ1) is 12.1. The highest BCUT2D eigenvalue weighted by Gasteiger charge is 2.28. The standard InChI is InChI=1S/C19H25N5O/c1-3-6-15-13(2)22-19(20)23-18(15)24-11-8-14(9-12-24)17(25)16-7-4-5-10-21-16/h3-5,7,10,14,17,25H,1,6,8-9,11-12H2,2H3,(H2,20,22,23)/t17-/m1/s1. The van der Waals surface area contributed by atoms with Gasteiger partial charge in [-0.05, 0) is 44.2 Å². The summed E-state index contributed by atoms with van der Waals surface area (Å²) in [6.45, 7) is 7.44. The maximum Gasteiger partial charge on any atom is 0.222 e. The van der Waals surface area contributed by atoms with Gasteiger partial charge in [0.2, 0.25) is 5.95 Å². The van der Waals surface area contributed by atoms with Crippen LogP contribution >= 0.6 is 0 Å². The molecule has 3 heterocycles. The van der Waals surface area contributed by atoms with E-state index in [0.717, 1.165) is 55.1 Å². The third kappa shape index (κ3) is 3.79. The molecule has 2 aromatic rings. The zero-order valence-electron chi connectivity index (χ0n) is 14.6. The highest BCUT2D eigenvalue weighted by molar-refractivity contribution is 5.52. The van der Waals surface area contributed by atoms with Crippen LogP contribution in [0.25, 0.3) is 0 Å². The molecular weight excluding hydrogens is 314 g/mol. The van der Waals surface area contributed by atoms with E-state index in [-0.39, 0.29) is 5.92 Å². The molecule has 1 atom stereocenters. The lowest BCUT2D eigenvalue weighted by molar-refractivity contribution is 0.0890. The van der Waals surface area contributed by atoms with Gasteiger partial charge in [-0.2, -0.15) is 4.98 Å². The van der Waals surface area contributed by atoms with E-state index < -0.39 is 6.10 Å². The van der Waals surface area contributed by atoms with Gasteiger partial charge in [-0.1, -0.05) is 12.1 Å². The van der Waals surface area contributed by atoms with Gasteiger partial charge in [0, 0.05) is 30.5 Å². The van der Waals surface area contributed by atoms with Crippen LogP contribution in [0, 0.1) is 12.8 Å². The highest BCUT2D eigenvalue weighted by atomic mass is 16.3. The van der Waals surface area contributed by atoms with Gasteiger partial charge in [0.05, 0.1) is 11.8 Å². The quantitative estimate of drug-likeness (QED) is 0.814. The van der Waals surface area contributed by atoms with Crippen molar-refractivity contribution < 1.29 is 5.11 Å². The number of allylic oxidation sites excluding steroid dienone is 1. The molecule has 6 heteroatoms. The molecule has 1 fully saturated rings. The number of hydrogen-bond donors (Lipinski definition) is 2. The molecule has 3 rings (SSSR count). The molecule has 0 spiro atoms. The Hall–Kier alpha value is -2.47. The van der Waals surface area contributed by atoms with Crippen molar-refractivity contribution in [1.29, 1.82) is 0 Å². The van der Waals surface area contributed by atoms with Crippen LogP contribution in [0.3, 0.4) is 0 Å². The zero-order valence-corrected chi connectivity index (χ0v) is 14.6. The van der Waals surface area contributed by atoms with E-state index >= 15 is 0 Å². The molecule has 0 aliphatic carbocycles. The summed E-state index contributed by atoms with van der Waals surface area (Å²) in [5.74, 6) is 1.40. The fraction of sp³-hybridized carbons (Fsp3) is 0.421. The molecule has 0 radical (unpaired) electrons. The van der Waals surface area contributed by atoms with Crippen LogP contribution in [0.2, 0.25) is 0 Å². The summed E-state index contributed by atoms with van der Waals surface area (Å²) in [6, 6.07) is 5.66. The summed E-state index contributed by atoms with van der Waals surface area (Å²) in [5.41, 5.74) is 8.58. The second-order valence-corrected chi connectivity index (χ2v) is 6.49. The Morgan fingerprint density at radius 3 is 2.76 bits per heavy atom. The predicted octanol–water partition coefficient (Wildman–Crippen LogP) is 2.44. The Bertz CT molecular complexity index is 726. The second kappa shape index (κ2) is 7.61. The highest BCUT2D eigenvalue weighted by Crippen LogP contribution is 2.32. The van der Waals surface area contributed by atoms with Gasteiger partial charge < -0.3 is 15.7 Å². The molecule has 132 valence electrons. The molecule has 0 saturated carbocycles. The van der Waals surface area contributed by atoms with Crippen LogP contribution in [0.1, 0.15) is 35.9 Å². The summed E-state index contributed by atoms with van der Waals surface area (Å²) in [6.07, 6.45) is 5.55. The van der Waals surface area contributed by atoms with Gasteiger partial charge in [0.15, 0.2) is 0 Å². The number of anilines is 2. The first-order valence-corrected chi connectivity index (χ1v) is 8.68. The second-order valence-electron chi connectivity index (χ2n) is 6.49. The van der Waals surface area contributed by atoms with Crippen molar-refractivity contribution in [2.75, 3.05) is 23.7 Å². The molecule has 0 aromatic carbocycles. The predicted molar refractivity (Wildman–Crippen MR) is 99.2 cm³/mol. The third-order valence-electron chi connectivity index (χ3n) is 4.83. The van der Waals surface area contributed by atoms with Crippen LogP contribution in [-0.2, 0) is 6.42 Å². The van der Waals surface area contributed by atoms with E-state index in [0.29, 0.717) is 5.95 Å². The molecule has 1 aliphatic heterocycles. The minimum Gasteiger partial charge on any atom is -0.387 e. The van der Waals surface area contributed by atoms with E-state index in [1.807, 2.05) is 31.2 Å². The molecule has 0 amide bonds. The average Bonchev–Trinajstić information content (AvgIpc) is 2.64. The Balaban J connectivity index is 1.73. The molecular formula is C19H25N5O. The van der Waals surface area contributed by atoms with Crippen molar-refractivity contribution in [3.8, 4) is 0 Å². The number of aryl methyl sites for hydroxylation is 1. The molecule has 1 saturated heterocycles. The van der Waals surface area contributed by atoms with Gasteiger partial charge in [-0.15, -0.1) is 6.58 Å². The Morgan fingerprint density at radius 1 is 1.36 bits per heavy atom. The Morgan fingerprint density at radius 2 is 2.12 bits per heavy atom. The summed E-state index contributed by atoms with van der Waals surface area (Å²) >= 11 is 0. The summed E-state index contributed by atoms with van der Waals surface area (Å²) in [5, 5.41) is 10.6. The van der Waals surface area contributed by atoms with E-state index in [4.69, 9.17) is 5.73 Å². The van der Waals surface area contributed by atoms with E-state index in [1.54, 1.807) is 6.20 Å². The Kier molecular flexibility index (Phi) is 5.28. The number of rotatable bonds is 5. The number of piperidine rings is 1. The van der Waals surface area contributed by atoms with Crippen molar-refractivity contribution >= 4 is 11.8 Å². The van der Waals surface area contributed by atoms with Crippen LogP contribution in [0.5, 0.6) is 0 Å². The van der Waals surface area contributed by atoms with Crippen LogP contribution < -0.4 is 10.6 Å². The lowest BCUT2D eigenvalue weighted by Crippen LogP contribution is -2.37. The molecule has 2 aromatic heterocycles. The van der Waals surface area contributed by atoms with Crippen molar-refractivity contribution in [1.82, 2.24) is 15.0 Å². The maximum atomic E-state index is 10.6. The fourth-order valence-corrected chi connectivity index (χ4v) is 3.47. The number of hydrogen-bond acceptors (Lipinski definition) is 6. The van der Waals surface area contributed by atoms with Gasteiger partial charge in [0.25, 0.3) is 0 Å². The minimum atomic E-state index is -0.520. The number of nitrogens with two attached hydrogens (primary N) is 1. The van der Waals surface area contributed by atoms with Gasteiger partial charge in [0.1, 0.15) is 5.82 Å². The normalized spacial score (nSPS) is 16.6. The third-order valence-corrected chi connectivity index (χ3v) is 4.83. The number of nitrogens with zero attached hydrogens (tertiary/aromatic N) is 4. The molecule has 25 heavy (non-hydrogen) atoms. The fourth-order valence-electron chi connectivity index (χ4n) is 3.47. The minimum absolute atomic E-state index is 0.203. The molecule has 3 N–H and O–H groups in total. The number of aliphatic hydroxyl groups is 1.